The van der Waals surface area contributed by atoms with Gasteiger partial charge in [-0.1, -0.05) is 77.6 Å². The average molecular weight is 353 g/mol. The normalized spacial score (nSPS) is 30.2. The summed E-state index contributed by atoms with van der Waals surface area (Å²) in [5.41, 5.74) is 0. The predicted molar refractivity (Wildman–Crippen MR) is 103 cm³/mol. The van der Waals surface area contributed by atoms with Gasteiger partial charge in [-0.3, -0.25) is 0 Å². The predicted octanol–water partition coefficient (Wildman–Crippen LogP) is 6.04. The maximum atomic E-state index is 11.8. The molecule has 1 aliphatic heterocycles. The molecule has 0 radical (unpaired) electrons. The van der Waals surface area contributed by atoms with Gasteiger partial charge in [-0.05, 0) is 37.5 Å². The van der Waals surface area contributed by atoms with Gasteiger partial charge >= 0.3 is 5.97 Å². The molecule has 1 heterocycles. The maximum absolute atomic E-state index is 11.8. The zero-order chi connectivity index (χ0) is 17.9. The monoisotopic (exact) mass is 352 g/mol. The molecule has 2 aliphatic rings. The third-order valence-corrected chi connectivity index (χ3v) is 6.41. The van der Waals surface area contributed by atoms with E-state index in [9.17, 15) is 4.79 Å². The third-order valence-electron chi connectivity index (χ3n) is 6.41. The summed E-state index contributed by atoms with van der Waals surface area (Å²) in [5.74, 6) is 1.69. The van der Waals surface area contributed by atoms with Crippen molar-refractivity contribution in [2.75, 3.05) is 7.11 Å². The molecule has 25 heavy (non-hydrogen) atoms. The molecule has 2 atom stereocenters. The number of methoxy groups -OCH3 is 1. The second-order valence-electron chi connectivity index (χ2n) is 8.38. The molecule has 0 aromatic carbocycles. The SMILES string of the molecule is CCCCCCCCC1CCC(CCC2CCC(OC)C(=O)O2)CC1. The smallest absolute Gasteiger partial charge is 0.335 e. The Morgan fingerprint density at radius 2 is 1.48 bits per heavy atom. The van der Waals surface area contributed by atoms with E-state index in [1.54, 1.807) is 7.11 Å². The zero-order valence-corrected chi connectivity index (χ0v) is 16.6. The van der Waals surface area contributed by atoms with Gasteiger partial charge < -0.3 is 9.47 Å². The first-order valence-corrected chi connectivity index (χ1v) is 11.0. The van der Waals surface area contributed by atoms with E-state index in [4.69, 9.17) is 9.47 Å². The number of carbonyl (C=O) groups excluding carboxylic acids is 1. The minimum absolute atomic E-state index is 0.139. The van der Waals surface area contributed by atoms with Crippen LogP contribution >= 0.6 is 0 Å². The Balaban J connectivity index is 1.50. The van der Waals surface area contributed by atoms with E-state index in [0.717, 1.165) is 31.1 Å². The summed E-state index contributed by atoms with van der Waals surface area (Å²) in [7, 11) is 1.59. The summed E-state index contributed by atoms with van der Waals surface area (Å²) in [6.45, 7) is 2.28. The molecule has 0 aromatic rings. The quantitative estimate of drug-likeness (QED) is 0.336. The molecule has 0 aromatic heterocycles. The summed E-state index contributed by atoms with van der Waals surface area (Å²) in [6.07, 6.45) is 19.5. The largest absolute Gasteiger partial charge is 0.460 e. The fraction of sp³-hybridized carbons (Fsp3) is 0.955. The second-order valence-corrected chi connectivity index (χ2v) is 8.38. The van der Waals surface area contributed by atoms with Crippen LogP contribution in [0.25, 0.3) is 0 Å². The van der Waals surface area contributed by atoms with Crippen LogP contribution in [-0.2, 0) is 14.3 Å². The van der Waals surface area contributed by atoms with Crippen LogP contribution < -0.4 is 0 Å². The number of carbonyl (C=O) groups is 1. The third kappa shape index (κ3) is 7.68. The Hall–Kier alpha value is -0.570. The summed E-state index contributed by atoms with van der Waals surface area (Å²) in [6, 6.07) is 0. The van der Waals surface area contributed by atoms with Gasteiger partial charge in [0, 0.05) is 7.11 Å². The Bertz CT molecular complexity index is 360. The first-order valence-electron chi connectivity index (χ1n) is 11.0. The van der Waals surface area contributed by atoms with Crippen molar-refractivity contribution in [3.05, 3.63) is 0 Å². The van der Waals surface area contributed by atoms with Crippen molar-refractivity contribution in [2.24, 2.45) is 11.8 Å². The number of hydrogen-bond acceptors (Lipinski definition) is 3. The van der Waals surface area contributed by atoms with E-state index in [2.05, 4.69) is 6.92 Å². The van der Waals surface area contributed by atoms with Crippen molar-refractivity contribution >= 4 is 5.97 Å². The van der Waals surface area contributed by atoms with Crippen LogP contribution in [-0.4, -0.2) is 25.3 Å². The molecule has 0 bridgehead atoms. The van der Waals surface area contributed by atoms with Crippen LogP contribution in [0.15, 0.2) is 0 Å². The Labute approximate surface area is 155 Å². The first kappa shape index (κ1) is 20.7. The molecular weight excluding hydrogens is 312 g/mol. The number of unbranched alkanes of at least 4 members (excludes halogenated alkanes) is 5. The second kappa shape index (κ2) is 11.9. The Morgan fingerprint density at radius 3 is 2.12 bits per heavy atom. The molecule has 0 N–H and O–H groups in total. The molecule has 2 unspecified atom stereocenters. The Kier molecular flexibility index (Phi) is 9.90. The zero-order valence-electron chi connectivity index (χ0n) is 16.6. The summed E-state index contributed by atoms with van der Waals surface area (Å²) < 4.78 is 10.7. The molecule has 1 saturated heterocycles. The lowest BCUT2D eigenvalue weighted by molar-refractivity contribution is -0.169. The van der Waals surface area contributed by atoms with Crippen LogP contribution in [0.3, 0.4) is 0 Å². The lowest BCUT2D eigenvalue weighted by atomic mass is 9.77. The lowest BCUT2D eigenvalue weighted by Gasteiger charge is -2.31. The molecule has 1 saturated carbocycles. The maximum Gasteiger partial charge on any atom is 0.335 e. The van der Waals surface area contributed by atoms with Gasteiger partial charge in [0.2, 0.25) is 0 Å². The Morgan fingerprint density at radius 1 is 0.840 bits per heavy atom. The minimum atomic E-state index is -0.325. The molecule has 1 aliphatic carbocycles. The van der Waals surface area contributed by atoms with Gasteiger partial charge in [0.15, 0.2) is 6.10 Å². The van der Waals surface area contributed by atoms with E-state index < -0.39 is 0 Å². The van der Waals surface area contributed by atoms with E-state index in [0.29, 0.717) is 0 Å². The molecule has 2 fully saturated rings. The van der Waals surface area contributed by atoms with Crippen LogP contribution in [0.1, 0.15) is 103 Å². The fourth-order valence-corrected chi connectivity index (χ4v) is 4.62. The van der Waals surface area contributed by atoms with E-state index >= 15 is 0 Å². The number of esters is 1. The molecule has 146 valence electrons. The summed E-state index contributed by atoms with van der Waals surface area (Å²) in [5, 5.41) is 0. The summed E-state index contributed by atoms with van der Waals surface area (Å²) in [4.78, 5) is 11.8. The van der Waals surface area contributed by atoms with Crippen molar-refractivity contribution in [2.45, 2.75) is 115 Å². The number of hydrogen-bond donors (Lipinski definition) is 0. The molecule has 3 heteroatoms. The molecule has 2 rings (SSSR count). The van der Waals surface area contributed by atoms with Gasteiger partial charge in [0.25, 0.3) is 0 Å². The highest BCUT2D eigenvalue weighted by molar-refractivity contribution is 5.75. The number of rotatable bonds is 11. The highest BCUT2D eigenvalue weighted by atomic mass is 16.6. The van der Waals surface area contributed by atoms with E-state index in [-0.39, 0.29) is 18.2 Å². The van der Waals surface area contributed by atoms with Crippen LogP contribution in [0.2, 0.25) is 0 Å². The van der Waals surface area contributed by atoms with Gasteiger partial charge in [-0.15, -0.1) is 0 Å². The molecular formula is C22H40O3. The van der Waals surface area contributed by atoms with Gasteiger partial charge in [-0.25, -0.2) is 4.79 Å². The van der Waals surface area contributed by atoms with Crippen LogP contribution in [0.5, 0.6) is 0 Å². The van der Waals surface area contributed by atoms with Crippen LogP contribution in [0, 0.1) is 11.8 Å². The highest BCUT2D eigenvalue weighted by Gasteiger charge is 2.30. The number of cyclic esters (lactones) is 1. The number of ether oxygens (including phenoxy) is 2. The standard InChI is InChI=1S/C22H40O3/c1-3-4-5-6-7-8-9-18-10-12-19(13-11-18)14-15-20-16-17-21(24-2)22(23)25-20/h18-21H,3-17H2,1-2H3. The topological polar surface area (TPSA) is 35.5 Å². The van der Waals surface area contributed by atoms with Crippen molar-refractivity contribution in [3.63, 3.8) is 0 Å². The van der Waals surface area contributed by atoms with E-state index in [1.165, 1.54) is 77.0 Å². The first-order chi connectivity index (χ1) is 12.2. The minimum Gasteiger partial charge on any atom is -0.460 e. The van der Waals surface area contributed by atoms with Gasteiger partial charge in [0.1, 0.15) is 6.10 Å². The summed E-state index contributed by atoms with van der Waals surface area (Å²) >= 11 is 0. The fourth-order valence-electron chi connectivity index (χ4n) is 4.62. The van der Waals surface area contributed by atoms with Crippen molar-refractivity contribution < 1.29 is 14.3 Å². The van der Waals surface area contributed by atoms with Crippen molar-refractivity contribution in [1.82, 2.24) is 0 Å². The molecule has 3 nitrogen and oxygen atoms in total. The average Bonchev–Trinajstić information content (AvgIpc) is 2.64. The van der Waals surface area contributed by atoms with Crippen molar-refractivity contribution in [1.29, 1.82) is 0 Å². The molecule has 0 amide bonds. The van der Waals surface area contributed by atoms with Gasteiger partial charge in [-0.2, -0.15) is 0 Å². The molecule has 0 spiro atoms. The lowest BCUT2D eigenvalue weighted by Crippen LogP contribution is -2.36. The highest BCUT2D eigenvalue weighted by Crippen LogP contribution is 2.35. The van der Waals surface area contributed by atoms with E-state index in [1.807, 2.05) is 0 Å². The van der Waals surface area contributed by atoms with Crippen molar-refractivity contribution in [3.8, 4) is 0 Å². The van der Waals surface area contributed by atoms with Crippen LogP contribution in [0.4, 0.5) is 0 Å². The van der Waals surface area contributed by atoms with Gasteiger partial charge in [0.05, 0.1) is 0 Å².